The molecule has 134 valence electrons. The van der Waals surface area contributed by atoms with Crippen LogP contribution in [0, 0.1) is 23.3 Å². The summed E-state index contributed by atoms with van der Waals surface area (Å²) in [6.07, 6.45) is 1.91. The first kappa shape index (κ1) is 19.0. The third-order valence-corrected chi connectivity index (χ3v) is 3.19. The first-order chi connectivity index (χ1) is 12.3. The standard InChI is InChI=1S/C19H12F4O3/c1-4-10(3)25-15-7-6-12(17(22)18(15)23)11-8-13(20)19(14(21)9-11)26-16(24)5-2/h4-9H,1-3H2. The maximum atomic E-state index is 14.3. The van der Waals surface area contributed by atoms with Crippen molar-refractivity contribution in [2.75, 3.05) is 0 Å². The second kappa shape index (κ2) is 7.69. The maximum Gasteiger partial charge on any atom is 0.335 e. The number of benzene rings is 2. The SMILES string of the molecule is C=CC(=C)Oc1ccc(-c2cc(F)c(OC(=O)C=C)c(F)c2)c(F)c1F. The van der Waals surface area contributed by atoms with Crippen molar-refractivity contribution >= 4 is 5.97 Å². The fourth-order valence-electron chi connectivity index (χ4n) is 1.97. The van der Waals surface area contributed by atoms with Gasteiger partial charge in [0.2, 0.25) is 11.6 Å². The number of halogens is 4. The molecule has 2 aromatic rings. The third-order valence-electron chi connectivity index (χ3n) is 3.19. The van der Waals surface area contributed by atoms with Crippen molar-refractivity contribution in [1.29, 1.82) is 0 Å². The predicted octanol–water partition coefficient (Wildman–Crippen LogP) is 5.08. The highest BCUT2D eigenvalue weighted by molar-refractivity contribution is 5.83. The summed E-state index contributed by atoms with van der Waals surface area (Å²) in [4.78, 5) is 11.1. The lowest BCUT2D eigenvalue weighted by atomic mass is 10.0. The lowest BCUT2D eigenvalue weighted by Gasteiger charge is -2.11. The Kier molecular flexibility index (Phi) is 5.61. The molecule has 7 heteroatoms. The molecule has 0 fully saturated rings. The van der Waals surface area contributed by atoms with E-state index in [0.717, 1.165) is 18.2 Å². The second-order valence-corrected chi connectivity index (χ2v) is 4.91. The van der Waals surface area contributed by atoms with Gasteiger partial charge in [-0.25, -0.2) is 18.0 Å². The average Bonchev–Trinajstić information content (AvgIpc) is 2.61. The number of rotatable bonds is 6. The van der Waals surface area contributed by atoms with Gasteiger partial charge in [-0.2, -0.15) is 4.39 Å². The lowest BCUT2D eigenvalue weighted by Crippen LogP contribution is -2.07. The molecule has 0 radical (unpaired) electrons. The molecule has 0 aromatic heterocycles. The monoisotopic (exact) mass is 364 g/mol. The zero-order valence-electron chi connectivity index (χ0n) is 13.3. The Hall–Kier alpha value is -3.35. The minimum atomic E-state index is -1.38. The quantitative estimate of drug-likeness (QED) is 0.179. The van der Waals surface area contributed by atoms with Crippen LogP contribution in [-0.2, 0) is 4.79 Å². The van der Waals surface area contributed by atoms with Gasteiger partial charge in [0.1, 0.15) is 5.76 Å². The Labute approximate surface area is 146 Å². The number of carbonyl (C=O) groups is 1. The molecule has 0 spiro atoms. The van der Waals surface area contributed by atoms with Gasteiger partial charge in [0, 0.05) is 11.6 Å². The van der Waals surface area contributed by atoms with Crippen LogP contribution in [0.15, 0.2) is 61.9 Å². The van der Waals surface area contributed by atoms with Crippen LogP contribution < -0.4 is 9.47 Å². The molecule has 0 aliphatic rings. The van der Waals surface area contributed by atoms with E-state index in [1.54, 1.807) is 0 Å². The lowest BCUT2D eigenvalue weighted by molar-refractivity contribution is -0.129. The summed E-state index contributed by atoms with van der Waals surface area (Å²) in [5, 5.41) is 0. The number of hydrogen-bond donors (Lipinski definition) is 0. The van der Waals surface area contributed by atoms with Gasteiger partial charge in [-0.05, 0) is 35.9 Å². The van der Waals surface area contributed by atoms with Gasteiger partial charge >= 0.3 is 5.97 Å². The zero-order valence-corrected chi connectivity index (χ0v) is 13.3. The van der Waals surface area contributed by atoms with E-state index in [1.165, 1.54) is 6.08 Å². The van der Waals surface area contributed by atoms with Gasteiger partial charge < -0.3 is 9.47 Å². The van der Waals surface area contributed by atoms with E-state index in [2.05, 4.69) is 24.5 Å². The van der Waals surface area contributed by atoms with Crippen molar-refractivity contribution in [3.8, 4) is 22.6 Å². The minimum absolute atomic E-state index is 0.0125. The molecule has 0 atom stereocenters. The molecule has 0 N–H and O–H groups in total. The first-order valence-electron chi connectivity index (χ1n) is 7.09. The Balaban J connectivity index is 2.47. The number of ether oxygens (including phenoxy) is 2. The molecule has 0 unspecified atom stereocenters. The van der Waals surface area contributed by atoms with E-state index in [1.807, 2.05) is 0 Å². The summed E-state index contributed by atoms with van der Waals surface area (Å²) >= 11 is 0. The highest BCUT2D eigenvalue weighted by Crippen LogP contribution is 2.34. The van der Waals surface area contributed by atoms with Gasteiger partial charge in [-0.3, -0.25) is 0 Å². The van der Waals surface area contributed by atoms with Crippen LogP contribution >= 0.6 is 0 Å². The molecule has 0 amide bonds. The van der Waals surface area contributed by atoms with E-state index >= 15 is 0 Å². The fourth-order valence-corrected chi connectivity index (χ4v) is 1.97. The number of hydrogen-bond acceptors (Lipinski definition) is 3. The molecule has 3 nitrogen and oxygen atoms in total. The second-order valence-electron chi connectivity index (χ2n) is 4.91. The number of carbonyl (C=O) groups excluding carboxylic acids is 1. The number of allylic oxidation sites excluding steroid dienone is 1. The highest BCUT2D eigenvalue weighted by atomic mass is 19.2. The van der Waals surface area contributed by atoms with Crippen LogP contribution in [0.1, 0.15) is 0 Å². The van der Waals surface area contributed by atoms with Crippen molar-refractivity contribution in [2.45, 2.75) is 0 Å². The molecule has 0 bridgehead atoms. The molecule has 26 heavy (non-hydrogen) atoms. The highest BCUT2D eigenvalue weighted by Gasteiger charge is 2.20. The van der Waals surface area contributed by atoms with E-state index in [4.69, 9.17) is 4.74 Å². The van der Waals surface area contributed by atoms with Crippen LogP contribution in [0.2, 0.25) is 0 Å². The first-order valence-corrected chi connectivity index (χ1v) is 7.09. The number of esters is 1. The van der Waals surface area contributed by atoms with Crippen molar-refractivity contribution in [3.05, 3.63) is 85.2 Å². The van der Waals surface area contributed by atoms with Gasteiger partial charge in [0.25, 0.3) is 0 Å². The van der Waals surface area contributed by atoms with Crippen LogP contribution in [0.5, 0.6) is 11.5 Å². The van der Waals surface area contributed by atoms with Crippen LogP contribution in [0.3, 0.4) is 0 Å². The van der Waals surface area contributed by atoms with Gasteiger partial charge in [0.05, 0.1) is 0 Å². The molecule has 0 aliphatic heterocycles. The van der Waals surface area contributed by atoms with Crippen molar-refractivity contribution in [1.82, 2.24) is 0 Å². The van der Waals surface area contributed by atoms with Crippen molar-refractivity contribution in [2.24, 2.45) is 0 Å². The zero-order chi connectivity index (χ0) is 19.4. The molecule has 2 aromatic carbocycles. The van der Waals surface area contributed by atoms with Crippen LogP contribution in [0.4, 0.5) is 17.6 Å². The summed E-state index contributed by atoms with van der Waals surface area (Å²) in [6.45, 7) is 9.87. The summed E-state index contributed by atoms with van der Waals surface area (Å²) in [6, 6.07) is 3.56. The van der Waals surface area contributed by atoms with Gasteiger partial charge in [-0.1, -0.05) is 19.7 Å². The summed E-state index contributed by atoms with van der Waals surface area (Å²) in [5.41, 5.74) is -0.720. The molecule has 0 saturated heterocycles. The Morgan fingerprint density at radius 2 is 1.54 bits per heavy atom. The summed E-state index contributed by atoms with van der Waals surface area (Å²) in [5.74, 6) is -7.80. The van der Waals surface area contributed by atoms with Gasteiger partial charge in [-0.15, -0.1) is 0 Å². The average molecular weight is 364 g/mol. The molecule has 0 aliphatic carbocycles. The summed E-state index contributed by atoms with van der Waals surface area (Å²) in [7, 11) is 0. The molecular formula is C19H12F4O3. The predicted molar refractivity (Wildman–Crippen MR) is 87.5 cm³/mol. The largest absolute Gasteiger partial charge is 0.455 e. The maximum absolute atomic E-state index is 14.3. The van der Waals surface area contributed by atoms with Crippen LogP contribution in [-0.4, -0.2) is 5.97 Å². The topological polar surface area (TPSA) is 35.5 Å². The van der Waals surface area contributed by atoms with Crippen molar-refractivity contribution in [3.63, 3.8) is 0 Å². The van der Waals surface area contributed by atoms with E-state index < -0.39 is 46.3 Å². The minimum Gasteiger partial charge on any atom is -0.455 e. The molecule has 0 saturated carbocycles. The smallest absolute Gasteiger partial charge is 0.335 e. The Morgan fingerprint density at radius 1 is 0.923 bits per heavy atom. The summed E-state index contributed by atoms with van der Waals surface area (Å²) < 4.78 is 65.8. The fraction of sp³-hybridized carbons (Fsp3) is 0. The van der Waals surface area contributed by atoms with E-state index in [9.17, 15) is 22.4 Å². The van der Waals surface area contributed by atoms with E-state index in [-0.39, 0.29) is 11.3 Å². The van der Waals surface area contributed by atoms with Crippen molar-refractivity contribution < 1.29 is 31.8 Å². The molecular weight excluding hydrogens is 352 g/mol. The molecule has 2 rings (SSSR count). The van der Waals surface area contributed by atoms with E-state index in [0.29, 0.717) is 12.1 Å². The van der Waals surface area contributed by atoms with Gasteiger partial charge in [0.15, 0.2) is 23.2 Å². The normalized spacial score (nSPS) is 10.2. The Morgan fingerprint density at radius 3 is 2.08 bits per heavy atom. The Bertz CT molecular complexity index is 896. The molecule has 0 heterocycles. The third kappa shape index (κ3) is 3.83. The van der Waals surface area contributed by atoms with Crippen LogP contribution in [0.25, 0.3) is 11.1 Å².